The SMILES string of the molecule is CC[C@H](NC(=O)N(C)CCCO)c1cc(F)cc(Br)c1. The van der Waals surface area contributed by atoms with Crippen molar-refractivity contribution in [2.75, 3.05) is 20.2 Å². The summed E-state index contributed by atoms with van der Waals surface area (Å²) >= 11 is 3.25. The molecule has 1 atom stereocenters. The molecule has 4 nitrogen and oxygen atoms in total. The summed E-state index contributed by atoms with van der Waals surface area (Å²) in [4.78, 5) is 13.5. The highest BCUT2D eigenvalue weighted by Crippen LogP contribution is 2.22. The largest absolute Gasteiger partial charge is 0.396 e. The zero-order valence-corrected chi connectivity index (χ0v) is 13.3. The van der Waals surface area contributed by atoms with Gasteiger partial charge in [0.2, 0.25) is 0 Å². The molecule has 0 unspecified atom stereocenters. The molecule has 0 bridgehead atoms. The van der Waals surface area contributed by atoms with Crippen LogP contribution in [0.4, 0.5) is 9.18 Å². The normalized spacial score (nSPS) is 12.1. The molecule has 0 fully saturated rings. The first-order valence-electron chi connectivity index (χ1n) is 6.56. The van der Waals surface area contributed by atoms with Crippen LogP contribution in [0.5, 0.6) is 0 Å². The Kier molecular flexibility index (Phi) is 6.95. The van der Waals surface area contributed by atoms with Crippen LogP contribution in [0.1, 0.15) is 31.4 Å². The molecule has 112 valence electrons. The molecular weight excluding hydrogens is 327 g/mol. The Hall–Kier alpha value is -1.14. The number of hydrogen-bond donors (Lipinski definition) is 2. The lowest BCUT2D eigenvalue weighted by molar-refractivity contribution is 0.197. The van der Waals surface area contributed by atoms with Crippen LogP contribution < -0.4 is 5.32 Å². The Labute approximate surface area is 127 Å². The number of rotatable bonds is 6. The molecule has 0 spiro atoms. The molecule has 20 heavy (non-hydrogen) atoms. The van der Waals surface area contributed by atoms with Gasteiger partial charge in [-0.1, -0.05) is 22.9 Å². The fourth-order valence-electron chi connectivity index (χ4n) is 1.87. The highest BCUT2D eigenvalue weighted by molar-refractivity contribution is 9.10. The van der Waals surface area contributed by atoms with E-state index in [4.69, 9.17) is 5.11 Å². The summed E-state index contributed by atoms with van der Waals surface area (Å²) in [6.45, 7) is 2.45. The Balaban J connectivity index is 2.73. The molecule has 0 aromatic heterocycles. The zero-order chi connectivity index (χ0) is 15.1. The van der Waals surface area contributed by atoms with Gasteiger partial charge < -0.3 is 15.3 Å². The number of urea groups is 1. The topological polar surface area (TPSA) is 52.6 Å². The second-order valence-electron chi connectivity index (χ2n) is 4.61. The first kappa shape index (κ1) is 16.9. The van der Waals surface area contributed by atoms with Gasteiger partial charge in [-0.3, -0.25) is 0 Å². The first-order valence-corrected chi connectivity index (χ1v) is 7.35. The van der Waals surface area contributed by atoms with Gasteiger partial charge in [-0.15, -0.1) is 0 Å². The molecule has 2 amide bonds. The molecule has 0 aliphatic heterocycles. The number of carbonyl (C=O) groups excluding carboxylic acids is 1. The summed E-state index contributed by atoms with van der Waals surface area (Å²) in [5.41, 5.74) is 0.725. The van der Waals surface area contributed by atoms with Gasteiger partial charge in [0.1, 0.15) is 5.82 Å². The van der Waals surface area contributed by atoms with Crippen molar-refractivity contribution in [3.05, 3.63) is 34.1 Å². The molecule has 6 heteroatoms. The van der Waals surface area contributed by atoms with Crippen molar-refractivity contribution in [3.63, 3.8) is 0 Å². The molecule has 0 aliphatic carbocycles. The monoisotopic (exact) mass is 346 g/mol. The number of hydrogen-bond acceptors (Lipinski definition) is 2. The van der Waals surface area contributed by atoms with Crippen LogP contribution in [0.3, 0.4) is 0 Å². The fourth-order valence-corrected chi connectivity index (χ4v) is 2.35. The third kappa shape index (κ3) is 5.09. The number of benzene rings is 1. The molecule has 0 saturated carbocycles. The van der Waals surface area contributed by atoms with Crippen molar-refractivity contribution in [3.8, 4) is 0 Å². The van der Waals surface area contributed by atoms with Gasteiger partial charge in [-0.05, 0) is 36.6 Å². The average molecular weight is 347 g/mol. The minimum atomic E-state index is -0.337. The van der Waals surface area contributed by atoms with E-state index in [1.54, 1.807) is 13.1 Å². The third-order valence-corrected chi connectivity index (χ3v) is 3.45. The van der Waals surface area contributed by atoms with E-state index in [-0.39, 0.29) is 24.5 Å². The standard InChI is InChI=1S/C14H20BrFN2O2/c1-3-13(10-7-11(15)9-12(16)8-10)17-14(20)18(2)5-4-6-19/h7-9,13,19H,3-6H2,1-2H3,(H,17,20)/t13-/m0/s1. The van der Waals surface area contributed by atoms with Crippen LogP contribution in [0, 0.1) is 5.82 Å². The van der Waals surface area contributed by atoms with E-state index < -0.39 is 0 Å². The van der Waals surface area contributed by atoms with Crippen molar-refractivity contribution in [2.45, 2.75) is 25.8 Å². The lowest BCUT2D eigenvalue weighted by Crippen LogP contribution is -2.39. The summed E-state index contributed by atoms with van der Waals surface area (Å²) in [5, 5.41) is 11.6. The smallest absolute Gasteiger partial charge is 0.317 e. The van der Waals surface area contributed by atoms with E-state index in [9.17, 15) is 9.18 Å². The quantitative estimate of drug-likeness (QED) is 0.831. The van der Waals surface area contributed by atoms with Crippen LogP contribution in [0.2, 0.25) is 0 Å². The number of nitrogens with one attached hydrogen (secondary N) is 1. The van der Waals surface area contributed by atoms with E-state index in [1.165, 1.54) is 17.0 Å². The molecule has 1 aromatic rings. The molecule has 0 heterocycles. The van der Waals surface area contributed by atoms with Gasteiger partial charge in [0.25, 0.3) is 0 Å². The minimum absolute atomic E-state index is 0.0473. The fraction of sp³-hybridized carbons (Fsp3) is 0.500. The highest BCUT2D eigenvalue weighted by atomic mass is 79.9. The Morgan fingerprint density at radius 2 is 2.20 bits per heavy atom. The lowest BCUT2D eigenvalue weighted by atomic mass is 10.0. The molecule has 2 N–H and O–H groups in total. The average Bonchev–Trinajstić information content (AvgIpc) is 2.40. The van der Waals surface area contributed by atoms with Gasteiger partial charge >= 0.3 is 6.03 Å². The summed E-state index contributed by atoms with van der Waals surface area (Å²) in [5.74, 6) is -0.337. The predicted molar refractivity (Wildman–Crippen MR) is 80.0 cm³/mol. The molecule has 0 radical (unpaired) electrons. The Morgan fingerprint density at radius 1 is 1.50 bits per heavy atom. The maximum absolute atomic E-state index is 13.4. The maximum atomic E-state index is 13.4. The zero-order valence-electron chi connectivity index (χ0n) is 11.7. The highest BCUT2D eigenvalue weighted by Gasteiger charge is 2.16. The van der Waals surface area contributed by atoms with Gasteiger partial charge in [0.15, 0.2) is 0 Å². The molecular formula is C14H20BrFN2O2. The van der Waals surface area contributed by atoms with Crippen LogP contribution in [-0.4, -0.2) is 36.2 Å². The van der Waals surface area contributed by atoms with Gasteiger partial charge in [-0.25, -0.2) is 9.18 Å². The summed E-state index contributed by atoms with van der Waals surface area (Å²) in [6.07, 6.45) is 1.20. The predicted octanol–water partition coefficient (Wildman–Crippen LogP) is 3.06. The van der Waals surface area contributed by atoms with E-state index in [1.807, 2.05) is 6.92 Å². The van der Waals surface area contributed by atoms with Gasteiger partial charge in [-0.2, -0.15) is 0 Å². The van der Waals surface area contributed by atoms with Crippen LogP contribution in [0.25, 0.3) is 0 Å². The molecule has 0 saturated heterocycles. The molecule has 1 aromatic carbocycles. The number of aliphatic hydroxyl groups is 1. The lowest BCUT2D eigenvalue weighted by Gasteiger charge is -2.23. The van der Waals surface area contributed by atoms with Crippen molar-refractivity contribution in [1.82, 2.24) is 10.2 Å². The first-order chi connectivity index (χ1) is 9.47. The molecule has 1 rings (SSSR count). The Morgan fingerprint density at radius 3 is 2.75 bits per heavy atom. The number of carbonyl (C=O) groups is 1. The number of halogens is 2. The summed E-state index contributed by atoms with van der Waals surface area (Å²) in [7, 11) is 1.67. The van der Waals surface area contributed by atoms with Crippen LogP contribution >= 0.6 is 15.9 Å². The number of nitrogens with zero attached hydrogens (tertiary/aromatic N) is 1. The minimum Gasteiger partial charge on any atom is -0.396 e. The van der Waals surface area contributed by atoms with Crippen molar-refractivity contribution < 1.29 is 14.3 Å². The van der Waals surface area contributed by atoms with Gasteiger partial charge in [0.05, 0.1) is 6.04 Å². The summed E-state index contributed by atoms with van der Waals surface area (Å²) < 4.78 is 14.1. The van der Waals surface area contributed by atoms with E-state index in [2.05, 4.69) is 21.2 Å². The second-order valence-corrected chi connectivity index (χ2v) is 5.53. The number of aliphatic hydroxyl groups excluding tert-OH is 1. The Bertz CT molecular complexity index is 437. The van der Waals surface area contributed by atoms with Crippen molar-refractivity contribution >= 4 is 22.0 Å². The molecule has 0 aliphatic rings. The third-order valence-electron chi connectivity index (χ3n) is 2.99. The van der Waals surface area contributed by atoms with Crippen LogP contribution in [0.15, 0.2) is 22.7 Å². The van der Waals surface area contributed by atoms with Crippen molar-refractivity contribution in [1.29, 1.82) is 0 Å². The second kappa shape index (κ2) is 8.21. The number of amides is 2. The van der Waals surface area contributed by atoms with E-state index in [0.717, 1.165) is 5.56 Å². The summed E-state index contributed by atoms with van der Waals surface area (Å²) in [6, 6.07) is 4.13. The van der Waals surface area contributed by atoms with E-state index in [0.29, 0.717) is 23.9 Å². The van der Waals surface area contributed by atoms with Gasteiger partial charge in [0, 0.05) is 24.7 Å². The van der Waals surface area contributed by atoms with Crippen molar-refractivity contribution in [2.24, 2.45) is 0 Å². The van der Waals surface area contributed by atoms with E-state index >= 15 is 0 Å². The van der Waals surface area contributed by atoms with Crippen LogP contribution in [-0.2, 0) is 0 Å². The maximum Gasteiger partial charge on any atom is 0.317 e.